The molecule has 0 radical (unpaired) electrons. The van der Waals surface area contributed by atoms with Gasteiger partial charge in [-0.25, -0.2) is 0 Å². The van der Waals surface area contributed by atoms with E-state index in [9.17, 15) is 5.11 Å². The van der Waals surface area contributed by atoms with Crippen LogP contribution in [-0.4, -0.2) is 22.2 Å². The molecule has 1 rings (SSSR count). The number of aromatic nitrogens is 1. The molecule has 0 amide bonds. The van der Waals surface area contributed by atoms with Gasteiger partial charge in [0.15, 0.2) is 0 Å². The molecule has 0 aliphatic heterocycles. The van der Waals surface area contributed by atoms with E-state index in [1.165, 1.54) is 0 Å². The molecule has 0 aromatic carbocycles. The van der Waals surface area contributed by atoms with Crippen molar-refractivity contribution in [2.75, 3.05) is 11.9 Å². The Kier molecular flexibility index (Phi) is 3.89. The fourth-order valence-electron chi connectivity index (χ4n) is 1.02. The van der Waals surface area contributed by atoms with Crippen LogP contribution in [0, 0.1) is 0 Å². The molecule has 0 aliphatic carbocycles. The first-order valence-electron chi connectivity index (χ1n) is 4.55. The SMILES string of the molecule is CC(C)(O)CCNc1ccncc1Br. The minimum absolute atomic E-state index is 0.619. The van der Waals surface area contributed by atoms with E-state index in [1.54, 1.807) is 26.2 Å². The zero-order chi connectivity index (χ0) is 10.6. The van der Waals surface area contributed by atoms with E-state index in [0.717, 1.165) is 16.7 Å². The highest BCUT2D eigenvalue weighted by molar-refractivity contribution is 9.10. The molecule has 2 N–H and O–H groups in total. The van der Waals surface area contributed by atoms with E-state index >= 15 is 0 Å². The van der Waals surface area contributed by atoms with Gasteiger partial charge in [0.2, 0.25) is 0 Å². The Balaban J connectivity index is 2.43. The predicted octanol–water partition coefficient (Wildman–Crippen LogP) is 2.42. The Morgan fingerprint density at radius 3 is 2.86 bits per heavy atom. The molecule has 3 nitrogen and oxygen atoms in total. The van der Waals surface area contributed by atoms with Gasteiger partial charge in [-0.3, -0.25) is 4.98 Å². The van der Waals surface area contributed by atoms with E-state index in [1.807, 2.05) is 6.07 Å². The number of nitrogens with one attached hydrogen (secondary N) is 1. The van der Waals surface area contributed by atoms with E-state index in [4.69, 9.17) is 0 Å². The lowest BCUT2D eigenvalue weighted by molar-refractivity contribution is 0.0749. The van der Waals surface area contributed by atoms with Crippen LogP contribution in [0.5, 0.6) is 0 Å². The number of aliphatic hydroxyl groups is 1. The first-order valence-corrected chi connectivity index (χ1v) is 5.34. The molecule has 0 bridgehead atoms. The summed E-state index contributed by atoms with van der Waals surface area (Å²) in [7, 11) is 0. The lowest BCUT2D eigenvalue weighted by Crippen LogP contribution is -2.22. The average molecular weight is 259 g/mol. The monoisotopic (exact) mass is 258 g/mol. The van der Waals surface area contributed by atoms with E-state index in [0.29, 0.717) is 6.42 Å². The van der Waals surface area contributed by atoms with Crippen molar-refractivity contribution in [1.82, 2.24) is 4.98 Å². The Morgan fingerprint density at radius 1 is 1.57 bits per heavy atom. The summed E-state index contributed by atoms with van der Waals surface area (Å²) in [4.78, 5) is 3.97. The number of anilines is 1. The van der Waals surface area contributed by atoms with Gasteiger partial charge in [0.05, 0.1) is 15.8 Å². The molecule has 0 aliphatic rings. The van der Waals surface area contributed by atoms with Crippen LogP contribution in [0.15, 0.2) is 22.9 Å². The summed E-state index contributed by atoms with van der Waals surface area (Å²) in [6.45, 7) is 4.35. The van der Waals surface area contributed by atoms with Crippen LogP contribution in [-0.2, 0) is 0 Å². The maximum atomic E-state index is 9.50. The Morgan fingerprint density at radius 2 is 2.29 bits per heavy atom. The molecule has 4 heteroatoms. The summed E-state index contributed by atoms with van der Waals surface area (Å²) in [5.41, 5.74) is 0.385. The molecule has 0 saturated heterocycles. The number of rotatable bonds is 4. The second-order valence-electron chi connectivity index (χ2n) is 3.84. The molecule has 0 unspecified atom stereocenters. The van der Waals surface area contributed by atoms with Gasteiger partial charge in [-0.15, -0.1) is 0 Å². The Bertz CT molecular complexity index is 296. The summed E-state index contributed by atoms with van der Waals surface area (Å²) < 4.78 is 0.941. The summed E-state index contributed by atoms with van der Waals surface area (Å²) in [5.74, 6) is 0. The third-order valence-electron chi connectivity index (χ3n) is 1.82. The molecule has 0 atom stereocenters. The van der Waals surface area contributed by atoms with E-state index < -0.39 is 5.60 Å². The highest BCUT2D eigenvalue weighted by atomic mass is 79.9. The molecule has 78 valence electrons. The normalized spacial score (nSPS) is 11.4. The Hall–Kier alpha value is -0.610. The van der Waals surface area contributed by atoms with Crippen molar-refractivity contribution >= 4 is 21.6 Å². The van der Waals surface area contributed by atoms with Gasteiger partial charge < -0.3 is 10.4 Å². The lowest BCUT2D eigenvalue weighted by atomic mass is 10.1. The van der Waals surface area contributed by atoms with Crippen LogP contribution in [0.1, 0.15) is 20.3 Å². The molecular formula is C10H15BrN2O. The van der Waals surface area contributed by atoms with Crippen molar-refractivity contribution in [3.8, 4) is 0 Å². The van der Waals surface area contributed by atoms with Crippen molar-refractivity contribution < 1.29 is 5.11 Å². The molecule has 0 spiro atoms. The van der Waals surface area contributed by atoms with Gasteiger partial charge >= 0.3 is 0 Å². The fraction of sp³-hybridized carbons (Fsp3) is 0.500. The van der Waals surface area contributed by atoms with Crippen LogP contribution >= 0.6 is 15.9 Å². The number of hydrogen-bond acceptors (Lipinski definition) is 3. The molecule has 0 saturated carbocycles. The minimum Gasteiger partial charge on any atom is -0.390 e. The topological polar surface area (TPSA) is 45.1 Å². The van der Waals surface area contributed by atoms with E-state index in [-0.39, 0.29) is 0 Å². The van der Waals surface area contributed by atoms with Crippen molar-refractivity contribution in [1.29, 1.82) is 0 Å². The smallest absolute Gasteiger partial charge is 0.0608 e. The third kappa shape index (κ3) is 4.07. The summed E-state index contributed by atoms with van der Waals surface area (Å²) in [5, 5.41) is 12.7. The predicted molar refractivity (Wildman–Crippen MR) is 61.3 cm³/mol. The van der Waals surface area contributed by atoms with Crippen LogP contribution < -0.4 is 5.32 Å². The number of pyridine rings is 1. The lowest BCUT2D eigenvalue weighted by Gasteiger charge is -2.17. The second-order valence-corrected chi connectivity index (χ2v) is 4.70. The molecule has 14 heavy (non-hydrogen) atoms. The Labute approximate surface area is 92.7 Å². The van der Waals surface area contributed by atoms with Crippen LogP contribution in [0.25, 0.3) is 0 Å². The zero-order valence-electron chi connectivity index (χ0n) is 8.42. The maximum absolute atomic E-state index is 9.50. The second kappa shape index (κ2) is 4.75. The molecular weight excluding hydrogens is 244 g/mol. The van der Waals surface area contributed by atoms with Crippen LogP contribution in [0.4, 0.5) is 5.69 Å². The van der Waals surface area contributed by atoms with Gasteiger partial charge in [-0.2, -0.15) is 0 Å². The molecule has 1 aromatic heterocycles. The van der Waals surface area contributed by atoms with Crippen LogP contribution in [0.2, 0.25) is 0 Å². The summed E-state index contributed by atoms with van der Waals surface area (Å²) in [6, 6.07) is 1.90. The highest BCUT2D eigenvalue weighted by Crippen LogP contribution is 2.20. The molecule has 1 aromatic rings. The summed E-state index contributed by atoms with van der Waals surface area (Å²) in [6.07, 6.45) is 4.19. The zero-order valence-corrected chi connectivity index (χ0v) is 10.0. The number of nitrogens with zero attached hydrogens (tertiary/aromatic N) is 1. The van der Waals surface area contributed by atoms with Gasteiger partial charge in [0, 0.05) is 18.9 Å². The minimum atomic E-state index is -0.619. The van der Waals surface area contributed by atoms with Crippen LogP contribution in [0.3, 0.4) is 0 Å². The largest absolute Gasteiger partial charge is 0.390 e. The quantitative estimate of drug-likeness (QED) is 0.872. The fourth-order valence-corrected chi connectivity index (χ4v) is 1.41. The standard InChI is InChI=1S/C10H15BrN2O/c1-10(2,14)4-6-13-9-3-5-12-7-8(9)11/h3,5,7,14H,4,6H2,1-2H3,(H,12,13). The van der Waals surface area contributed by atoms with Crippen molar-refractivity contribution in [2.24, 2.45) is 0 Å². The maximum Gasteiger partial charge on any atom is 0.0608 e. The first kappa shape index (κ1) is 11.5. The van der Waals surface area contributed by atoms with Gasteiger partial charge in [0.1, 0.15) is 0 Å². The number of halogens is 1. The molecule has 1 heterocycles. The molecule has 0 fully saturated rings. The van der Waals surface area contributed by atoms with Crippen molar-refractivity contribution in [3.63, 3.8) is 0 Å². The van der Waals surface area contributed by atoms with Gasteiger partial charge in [0.25, 0.3) is 0 Å². The number of hydrogen-bond donors (Lipinski definition) is 2. The van der Waals surface area contributed by atoms with Gasteiger partial charge in [-0.05, 0) is 42.3 Å². The average Bonchev–Trinajstić information content (AvgIpc) is 2.06. The summed E-state index contributed by atoms with van der Waals surface area (Å²) >= 11 is 3.39. The highest BCUT2D eigenvalue weighted by Gasteiger charge is 2.11. The van der Waals surface area contributed by atoms with Gasteiger partial charge in [-0.1, -0.05) is 0 Å². The van der Waals surface area contributed by atoms with E-state index in [2.05, 4.69) is 26.2 Å². The third-order valence-corrected chi connectivity index (χ3v) is 2.46. The first-order chi connectivity index (χ1) is 6.49. The van der Waals surface area contributed by atoms with Crippen molar-refractivity contribution in [2.45, 2.75) is 25.9 Å². The van der Waals surface area contributed by atoms with Crippen molar-refractivity contribution in [3.05, 3.63) is 22.9 Å².